The predicted molar refractivity (Wildman–Crippen MR) is 74.0 cm³/mol. The van der Waals surface area contributed by atoms with Crippen molar-refractivity contribution in [1.82, 2.24) is 9.62 Å². The van der Waals surface area contributed by atoms with Gasteiger partial charge in [0.1, 0.15) is 0 Å². The monoisotopic (exact) mass is 274 g/mol. The molecule has 1 saturated carbocycles. The summed E-state index contributed by atoms with van der Waals surface area (Å²) in [6, 6.07) is 0.170. The summed E-state index contributed by atoms with van der Waals surface area (Å²) in [5, 5.41) is 3.27. The molecule has 1 heterocycles. The van der Waals surface area contributed by atoms with Crippen LogP contribution in [0.1, 0.15) is 44.9 Å². The van der Waals surface area contributed by atoms with Crippen LogP contribution in [-0.4, -0.2) is 44.7 Å². The van der Waals surface area contributed by atoms with Crippen molar-refractivity contribution < 1.29 is 8.42 Å². The number of hydrogen-bond donors (Lipinski definition) is 1. The van der Waals surface area contributed by atoms with Crippen molar-refractivity contribution in [3.8, 4) is 0 Å². The molecule has 1 saturated heterocycles. The van der Waals surface area contributed by atoms with Crippen LogP contribution in [0, 0.1) is 5.92 Å². The summed E-state index contributed by atoms with van der Waals surface area (Å²) < 4.78 is 26.1. The van der Waals surface area contributed by atoms with Gasteiger partial charge in [0.2, 0.25) is 10.0 Å². The Morgan fingerprint density at radius 2 is 1.83 bits per heavy atom. The summed E-state index contributed by atoms with van der Waals surface area (Å²) in [6.07, 6.45) is 8.34. The van der Waals surface area contributed by atoms with Crippen molar-refractivity contribution in [2.24, 2.45) is 5.92 Å². The molecule has 0 amide bonds. The molecular formula is C13H26N2O2S. The van der Waals surface area contributed by atoms with E-state index in [-0.39, 0.29) is 11.8 Å². The summed E-state index contributed by atoms with van der Waals surface area (Å²) in [4.78, 5) is 0. The minimum atomic E-state index is -3.07. The molecule has 0 aromatic rings. The number of sulfonamides is 1. The maximum absolute atomic E-state index is 12.2. The van der Waals surface area contributed by atoms with E-state index < -0.39 is 10.0 Å². The Labute approximate surface area is 111 Å². The normalized spacial score (nSPS) is 26.9. The van der Waals surface area contributed by atoms with Gasteiger partial charge in [0, 0.05) is 19.6 Å². The fraction of sp³-hybridized carbons (Fsp3) is 1.00. The second-order valence-corrected chi connectivity index (χ2v) is 7.98. The van der Waals surface area contributed by atoms with E-state index in [2.05, 4.69) is 5.32 Å². The van der Waals surface area contributed by atoms with Crippen molar-refractivity contribution in [3.05, 3.63) is 0 Å². The minimum Gasteiger partial charge on any atom is -0.313 e. The third-order valence-electron chi connectivity index (χ3n) is 4.29. The fourth-order valence-electron chi connectivity index (χ4n) is 3.13. The fourth-order valence-corrected chi connectivity index (χ4v) is 4.61. The molecule has 5 heteroatoms. The summed E-state index contributed by atoms with van der Waals surface area (Å²) >= 11 is 0. The SMILES string of the molecule is CN(CC1CCCCC1)S(=O)(=O)CC1CCCN1. The van der Waals surface area contributed by atoms with E-state index in [1.165, 1.54) is 32.1 Å². The number of rotatable bonds is 5. The van der Waals surface area contributed by atoms with Gasteiger partial charge in [-0.05, 0) is 38.1 Å². The molecule has 0 aromatic heterocycles. The minimum absolute atomic E-state index is 0.170. The van der Waals surface area contributed by atoms with Gasteiger partial charge in [-0.3, -0.25) is 0 Å². The van der Waals surface area contributed by atoms with Gasteiger partial charge in [0.15, 0.2) is 0 Å². The van der Waals surface area contributed by atoms with Gasteiger partial charge in [-0.25, -0.2) is 12.7 Å². The average Bonchev–Trinajstić information content (AvgIpc) is 2.82. The topological polar surface area (TPSA) is 49.4 Å². The largest absolute Gasteiger partial charge is 0.313 e. The van der Waals surface area contributed by atoms with Crippen LogP contribution in [0.3, 0.4) is 0 Å². The van der Waals surface area contributed by atoms with E-state index in [1.807, 2.05) is 0 Å². The van der Waals surface area contributed by atoms with Crippen LogP contribution in [0.2, 0.25) is 0 Å². The first kappa shape index (κ1) is 14.3. The summed E-state index contributed by atoms with van der Waals surface area (Å²) in [7, 11) is -1.32. The molecule has 2 fully saturated rings. The van der Waals surface area contributed by atoms with Crippen LogP contribution >= 0.6 is 0 Å². The van der Waals surface area contributed by atoms with Gasteiger partial charge in [0.25, 0.3) is 0 Å². The first-order valence-corrected chi connectivity index (χ1v) is 8.86. The zero-order valence-electron chi connectivity index (χ0n) is 11.4. The van der Waals surface area contributed by atoms with E-state index >= 15 is 0 Å². The van der Waals surface area contributed by atoms with Crippen molar-refractivity contribution in [2.75, 3.05) is 25.9 Å². The smallest absolute Gasteiger partial charge is 0.215 e. The second kappa shape index (κ2) is 6.35. The highest BCUT2D eigenvalue weighted by molar-refractivity contribution is 7.89. The van der Waals surface area contributed by atoms with Crippen LogP contribution < -0.4 is 5.32 Å². The van der Waals surface area contributed by atoms with E-state index in [9.17, 15) is 8.42 Å². The Balaban J connectivity index is 1.83. The first-order chi connectivity index (χ1) is 8.58. The molecule has 1 N–H and O–H groups in total. The molecule has 2 rings (SSSR count). The summed E-state index contributed by atoms with van der Waals surface area (Å²) in [5.41, 5.74) is 0. The van der Waals surface area contributed by atoms with Crippen LogP contribution in [0.5, 0.6) is 0 Å². The van der Waals surface area contributed by atoms with E-state index in [0.29, 0.717) is 5.92 Å². The van der Waals surface area contributed by atoms with Crippen LogP contribution in [0.4, 0.5) is 0 Å². The van der Waals surface area contributed by atoms with Crippen molar-refractivity contribution in [3.63, 3.8) is 0 Å². The van der Waals surface area contributed by atoms with E-state index in [1.54, 1.807) is 11.4 Å². The molecule has 18 heavy (non-hydrogen) atoms. The summed E-state index contributed by atoms with van der Waals surface area (Å²) in [6.45, 7) is 1.68. The predicted octanol–water partition coefficient (Wildman–Crippen LogP) is 1.58. The van der Waals surface area contributed by atoms with E-state index in [0.717, 1.165) is 25.9 Å². The Kier molecular flexibility index (Phi) is 5.04. The van der Waals surface area contributed by atoms with Crippen molar-refractivity contribution in [2.45, 2.75) is 51.0 Å². The van der Waals surface area contributed by atoms with Gasteiger partial charge >= 0.3 is 0 Å². The molecule has 0 spiro atoms. The van der Waals surface area contributed by atoms with Crippen LogP contribution in [0.15, 0.2) is 0 Å². The lowest BCUT2D eigenvalue weighted by Gasteiger charge is -2.27. The molecule has 0 aromatic carbocycles. The lowest BCUT2D eigenvalue weighted by Crippen LogP contribution is -2.40. The molecule has 2 aliphatic rings. The van der Waals surface area contributed by atoms with Crippen molar-refractivity contribution >= 4 is 10.0 Å². The molecule has 0 bridgehead atoms. The highest BCUT2D eigenvalue weighted by Crippen LogP contribution is 2.25. The van der Waals surface area contributed by atoms with Gasteiger partial charge in [-0.1, -0.05) is 19.3 Å². The Morgan fingerprint density at radius 3 is 2.44 bits per heavy atom. The molecular weight excluding hydrogens is 248 g/mol. The number of nitrogens with one attached hydrogen (secondary N) is 1. The van der Waals surface area contributed by atoms with Crippen molar-refractivity contribution in [1.29, 1.82) is 0 Å². The Morgan fingerprint density at radius 1 is 1.11 bits per heavy atom. The van der Waals surface area contributed by atoms with Gasteiger partial charge in [-0.15, -0.1) is 0 Å². The third kappa shape index (κ3) is 3.93. The molecule has 1 atom stereocenters. The Bertz CT molecular complexity index is 344. The maximum Gasteiger partial charge on any atom is 0.215 e. The zero-order chi connectivity index (χ0) is 13.0. The lowest BCUT2D eigenvalue weighted by atomic mass is 9.89. The number of hydrogen-bond acceptors (Lipinski definition) is 3. The van der Waals surface area contributed by atoms with Gasteiger partial charge < -0.3 is 5.32 Å². The van der Waals surface area contributed by atoms with Gasteiger partial charge in [0.05, 0.1) is 5.75 Å². The van der Waals surface area contributed by atoms with Gasteiger partial charge in [-0.2, -0.15) is 0 Å². The van der Waals surface area contributed by atoms with Crippen LogP contribution in [-0.2, 0) is 10.0 Å². The first-order valence-electron chi connectivity index (χ1n) is 7.25. The highest BCUT2D eigenvalue weighted by atomic mass is 32.2. The lowest BCUT2D eigenvalue weighted by molar-refractivity contribution is 0.299. The molecule has 106 valence electrons. The average molecular weight is 274 g/mol. The molecule has 1 unspecified atom stereocenters. The number of nitrogens with zero attached hydrogens (tertiary/aromatic N) is 1. The van der Waals surface area contributed by atoms with E-state index in [4.69, 9.17) is 0 Å². The van der Waals surface area contributed by atoms with Crippen LogP contribution in [0.25, 0.3) is 0 Å². The standard InChI is InChI=1S/C13H26N2O2S/c1-15(10-12-6-3-2-4-7-12)18(16,17)11-13-8-5-9-14-13/h12-14H,2-11H2,1H3. The quantitative estimate of drug-likeness (QED) is 0.828. The summed E-state index contributed by atoms with van der Waals surface area (Å²) in [5.74, 6) is 0.853. The zero-order valence-corrected chi connectivity index (χ0v) is 12.2. The maximum atomic E-state index is 12.2. The molecule has 0 radical (unpaired) electrons. The molecule has 1 aliphatic heterocycles. The molecule has 1 aliphatic carbocycles. The Hall–Kier alpha value is -0.130. The molecule has 4 nitrogen and oxygen atoms in total. The third-order valence-corrected chi connectivity index (χ3v) is 6.21. The highest BCUT2D eigenvalue weighted by Gasteiger charge is 2.27. The second-order valence-electron chi connectivity index (χ2n) is 5.86.